The number of rotatable bonds is 3. The summed E-state index contributed by atoms with van der Waals surface area (Å²) in [7, 11) is 0. The fourth-order valence-corrected chi connectivity index (χ4v) is 3.88. The van der Waals surface area contributed by atoms with Crippen LogP contribution in [0, 0.1) is 0 Å². The van der Waals surface area contributed by atoms with Crippen LogP contribution in [0.1, 0.15) is 0 Å². The molecule has 3 heterocycles. The van der Waals surface area contributed by atoms with E-state index in [2.05, 4.69) is 10.3 Å². The van der Waals surface area contributed by atoms with Crippen LogP contribution in [0.25, 0.3) is 10.9 Å². The van der Waals surface area contributed by atoms with Crippen molar-refractivity contribution in [2.45, 2.75) is 12.6 Å². The van der Waals surface area contributed by atoms with Crippen molar-refractivity contribution in [1.29, 1.82) is 0 Å². The van der Waals surface area contributed by atoms with Crippen LogP contribution in [0.2, 0.25) is 0 Å². The van der Waals surface area contributed by atoms with Crippen LogP contribution in [0.5, 0.6) is 11.5 Å². The highest BCUT2D eigenvalue weighted by Gasteiger charge is 2.33. The first-order valence-corrected chi connectivity index (χ1v) is 10.4. The zero-order chi connectivity index (χ0) is 22.1. The van der Waals surface area contributed by atoms with Crippen molar-refractivity contribution >= 4 is 22.7 Å². The number of carbonyl (C=O) groups excluding carboxylic acids is 2. The Morgan fingerprint density at radius 2 is 1.62 bits per heavy atom. The topological polar surface area (TPSA) is 107 Å². The van der Waals surface area contributed by atoms with Crippen LogP contribution in [0.4, 0.5) is 0 Å². The molecule has 164 valence electrons. The summed E-state index contributed by atoms with van der Waals surface area (Å²) in [4.78, 5) is 41.4. The molecule has 1 fully saturated rings. The second-order valence-electron chi connectivity index (χ2n) is 7.64. The number of carbonyl (C=O) groups is 2. The minimum Gasteiger partial charge on any atom is -0.485 e. The van der Waals surface area contributed by atoms with E-state index in [0.29, 0.717) is 48.6 Å². The highest BCUT2D eigenvalue weighted by Crippen LogP contribution is 2.31. The van der Waals surface area contributed by atoms with Crippen molar-refractivity contribution in [1.82, 2.24) is 24.8 Å². The summed E-state index contributed by atoms with van der Waals surface area (Å²) in [5.41, 5.74) is 0.136. The second kappa shape index (κ2) is 8.29. The Hall–Kier alpha value is -3.95. The van der Waals surface area contributed by atoms with Crippen molar-refractivity contribution in [3.05, 3.63) is 58.9 Å². The van der Waals surface area contributed by atoms with Crippen LogP contribution < -0.4 is 15.0 Å². The Kier molecular flexibility index (Phi) is 5.18. The lowest BCUT2D eigenvalue weighted by Crippen LogP contribution is -2.55. The van der Waals surface area contributed by atoms with Crippen LogP contribution >= 0.6 is 0 Å². The zero-order valence-corrected chi connectivity index (χ0v) is 17.2. The molecule has 1 unspecified atom stereocenters. The molecule has 0 saturated carbocycles. The summed E-state index contributed by atoms with van der Waals surface area (Å²) in [6, 6.07) is 14.1. The van der Waals surface area contributed by atoms with E-state index in [1.54, 1.807) is 46.2 Å². The van der Waals surface area contributed by atoms with Gasteiger partial charge in [0.05, 0.1) is 5.39 Å². The smallest absolute Gasteiger partial charge is 0.278 e. The van der Waals surface area contributed by atoms with E-state index in [4.69, 9.17) is 9.47 Å². The Morgan fingerprint density at radius 3 is 2.44 bits per heavy atom. The van der Waals surface area contributed by atoms with Gasteiger partial charge in [-0.15, -0.1) is 5.10 Å². The van der Waals surface area contributed by atoms with Gasteiger partial charge in [0.25, 0.3) is 11.5 Å². The predicted octanol–water partition coefficient (Wildman–Crippen LogP) is 0.302. The number of fused-ring (bicyclic) bond motifs is 2. The molecule has 2 aliphatic heterocycles. The van der Waals surface area contributed by atoms with Crippen molar-refractivity contribution in [3.8, 4) is 11.5 Å². The molecule has 1 aromatic heterocycles. The molecule has 0 bridgehead atoms. The summed E-state index contributed by atoms with van der Waals surface area (Å²) in [6.45, 7) is 1.45. The summed E-state index contributed by atoms with van der Waals surface area (Å²) in [5.74, 6) is 0.769. The molecular weight excluding hydrogens is 414 g/mol. The predicted molar refractivity (Wildman–Crippen MR) is 113 cm³/mol. The first-order chi connectivity index (χ1) is 15.6. The number of hydrogen-bond donors (Lipinski definition) is 0. The highest BCUT2D eigenvalue weighted by molar-refractivity contribution is 5.83. The van der Waals surface area contributed by atoms with Gasteiger partial charge in [0, 0.05) is 26.2 Å². The average Bonchev–Trinajstić information content (AvgIpc) is 2.85. The van der Waals surface area contributed by atoms with Crippen LogP contribution in [-0.2, 0) is 16.1 Å². The Bertz CT molecular complexity index is 1230. The van der Waals surface area contributed by atoms with Crippen LogP contribution in [0.15, 0.2) is 53.3 Å². The van der Waals surface area contributed by atoms with Crippen LogP contribution in [0.3, 0.4) is 0 Å². The molecule has 5 rings (SSSR count). The molecule has 3 aromatic rings. The molecule has 10 heteroatoms. The normalized spacial score (nSPS) is 17.9. The number of piperazine rings is 1. The van der Waals surface area contributed by atoms with Gasteiger partial charge in [-0.2, -0.15) is 0 Å². The molecule has 0 radical (unpaired) electrons. The number of nitrogens with zero attached hydrogens (tertiary/aromatic N) is 5. The van der Waals surface area contributed by atoms with Crippen molar-refractivity contribution in [2.24, 2.45) is 0 Å². The van der Waals surface area contributed by atoms with Gasteiger partial charge in [-0.3, -0.25) is 14.4 Å². The number of benzene rings is 2. The molecule has 2 aliphatic rings. The lowest BCUT2D eigenvalue weighted by atomic mass is 10.2. The summed E-state index contributed by atoms with van der Waals surface area (Å²) < 4.78 is 12.5. The average molecular weight is 435 g/mol. The molecular formula is C22H21N5O5. The SMILES string of the molecule is O=C(Cn1nnc2ccccc2c1=O)N1CCN(C(=O)C2COc3ccccc3O2)CC1. The van der Waals surface area contributed by atoms with Gasteiger partial charge in [0.1, 0.15) is 18.7 Å². The van der Waals surface area contributed by atoms with Gasteiger partial charge in [0.2, 0.25) is 12.0 Å². The van der Waals surface area contributed by atoms with Gasteiger partial charge in [-0.1, -0.05) is 29.5 Å². The minimum absolute atomic E-state index is 0.151. The molecule has 2 amide bonds. The van der Waals surface area contributed by atoms with E-state index >= 15 is 0 Å². The number of ether oxygens (including phenoxy) is 2. The maximum absolute atomic E-state index is 12.9. The van der Waals surface area contributed by atoms with E-state index < -0.39 is 6.10 Å². The van der Waals surface area contributed by atoms with Gasteiger partial charge < -0.3 is 19.3 Å². The van der Waals surface area contributed by atoms with Gasteiger partial charge in [-0.25, -0.2) is 4.68 Å². The molecule has 1 atom stereocenters. The Morgan fingerprint density at radius 1 is 0.938 bits per heavy atom. The fraction of sp³-hybridized carbons (Fsp3) is 0.318. The van der Waals surface area contributed by atoms with E-state index in [1.807, 2.05) is 12.1 Å². The van der Waals surface area contributed by atoms with Crippen molar-refractivity contribution in [3.63, 3.8) is 0 Å². The molecule has 2 aromatic carbocycles. The van der Waals surface area contributed by atoms with Gasteiger partial charge >= 0.3 is 0 Å². The minimum atomic E-state index is -0.710. The van der Waals surface area contributed by atoms with E-state index in [9.17, 15) is 14.4 Å². The maximum atomic E-state index is 12.9. The summed E-state index contributed by atoms with van der Waals surface area (Å²) >= 11 is 0. The molecule has 0 spiro atoms. The molecule has 0 N–H and O–H groups in total. The number of aromatic nitrogens is 3. The first-order valence-electron chi connectivity index (χ1n) is 10.4. The number of para-hydroxylation sites is 2. The highest BCUT2D eigenvalue weighted by atomic mass is 16.6. The Labute approximate surface area is 182 Å². The molecule has 10 nitrogen and oxygen atoms in total. The number of amides is 2. The third-order valence-electron chi connectivity index (χ3n) is 5.64. The monoisotopic (exact) mass is 435 g/mol. The lowest BCUT2D eigenvalue weighted by Gasteiger charge is -2.37. The maximum Gasteiger partial charge on any atom is 0.278 e. The van der Waals surface area contributed by atoms with Crippen LogP contribution in [-0.4, -0.2) is 75.5 Å². The van der Waals surface area contributed by atoms with E-state index in [1.165, 1.54) is 0 Å². The third kappa shape index (κ3) is 3.75. The standard InChI is InChI=1S/C22H21N5O5/c28-20(13-27-21(29)15-5-1-2-6-16(15)23-24-27)25-9-11-26(12-10-25)22(30)19-14-31-17-7-3-4-8-18(17)32-19/h1-8,19H,9-14H2. The van der Waals surface area contributed by atoms with Gasteiger partial charge in [-0.05, 0) is 24.3 Å². The molecule has 32 heavy (non-hydrogen) atoms. The largest absolute Gasteiger partial charge is 0.485 e. The second-order valence-corrected chi connectivity index (χ2v) is 7.64. The molecule has 1 saturated heterocycles. The van der Waals surface area contributed by atoms with Crippen molar-refractivity contribution < 1.29 is 19.1 Å². The quantitative estimate of drug-likeness (QED) is 0.583. The lowest BCUT2D eigenvalue weighted by molar-refractivity contribution is -0.146. The van der Waals surface area contributed by atoms with Crippen molar-refractivity contribution in [2.75, 3.05) is 32.8 Å². The third-order valence-corrected chi connectivity index (χ3v) is 5.64. The number of hydrogen-bond acceptors (Lipinski definition) is 7. The summed E-state index contributed by atoms with van der Waals surface area (Å²) in [5, 5.41) is 8.30. The van der Waals surface area contributed by atoms with Gasteiger partial charge in [0.15, 0.2) is 11.5 Å². The summed E-state index contributed by atoms with van der Waals surface area (Å²) in [6.07, 6.45) is -0.710. The van der Waals surface area contributed by atoms with E-state index in [-0.39, 0.29) is 30.5 Å². The fourth-order valence-electron chi connectivity index (χ4n) is 3.88. The van der Waals surface area contributed by atoms with E-state index in [0.717, 1.165) is 4.68 Å². The molecule has 0 aliphatic carbocycles. The first kappa shape index (κ1) is 20.0. The Balaban J connectivity index is 1.19. The zero-order valence-electron chi connectivity index (χ0n) is 17.2.